The fraction of sp³-hybridized carbons (Fsp3) is 0.176. The first-order valence-corrected chi connectivity index (χ1v) is 6.90. The van der Waals surface area contributed by atoms with Gasteiger partial charge in [0.25, 0.3) is 0 Å². The maximum Gasteiger partial charge on any atom is 0.137 e. The van der Waals surface area contributed by atoms with Crippen LogP contribution in [0.1, 0.15) is 24.1 Å². The molecule has 4 heteroatoms. The van der Waals surface area contributed by atoms with Gasteiger partial charge in [-0.25, -0.2) is 9.67 Å². The van der Waals surface area contributed by atoms with Crippen LogP contribution in [-0.4, -0.2) is 19.9 Å². The second-order valence-corrected chi connectivity index (χ2v) is 5.05. The third-order valence-corrected chi connectivity index (χ3v) is 3.87. The third-order valence-electron chi connectivity index (χ3n) is 3.87. The number of rotatable bonds is 4. The Balaban J connectivity index is 2.16. The van der Waals surface area contributed by atoms with Gasteiger partial charge in [-0.05, 0) is 18.1 Å². The van der Waals surface area contributed by atoms with E-state index in [1.165, 1.54) is 6.33 Å². The molecule has 0 amide bonds. The van der Waals surface area contributed by atoms with Crippen molar-refractivity contribution in [3.05, 3.63) is 84.4 Å². The predicted molar refractivity (Wildman–Crippen MR) is 80.6 cm³/mol. The van der Waals surface area contributed by atoms with E-state index in [0.29, 0.717) is 0 Å². The van der Waals surface area contributed by atoms with Crippen LogP contribution in [0, 0.1) is 0 Å². The number of aliphatic hydroxyl groups is 1. The topological polar surface area (TPSA) is 50.9 Å². The Hall–Kier alpha value is -2.46. The van der Waals surface area contributed by atoms with Crippen LogP contribution in [0.2, 0.25) is 0 Å². The second-order valence-electron chi connectivity index (χ2n) is 5.05. The van der Waals surface area contributed by atoms with Crippen molar-refractivity contribution in [1.29, 1.82) is 0 Å². The van der Waals surface area contributed by atoms with Gasteiger partial charge in [-0.1, -0.05) is 60.7 Å². The Bertz CT molecular complexity index is 641. The molecule has 0 spiro atoms. The molecule has 0 aliphatic heterocycles. The first-order chi connectivity index (χ1) is 10.2. The van der Waals surface area contributed by atoms with Gasteiger partial charge in [-0.15, -0.1) is 0 Å². The zero-order valence-electron chi connectivity index (χ0n) is 11.8. The predicted octanol–water partition coefficient (Wildman–Crippen LogP) is 2.78. The Morgan fingerprint density at radius 1 is 0.952 bits per heavy atom. The molecule has 0 saturated heterocycles. The summed E-state index contributed by atoms with van der Waals surface area (Å²) in [6.45, 7) is 1.94. The van der Waals surface area contributed by atoms with E-state index in [0.717, 1.165) is 11.1 Å². The summed E-state index contributed by atoms with van der Waals surface area (Å²) >= 11 is 0. The molecular weight excluding hydrogens is 262 g/mol. The van der Waals surface area contributed by atoms with Crippen molar-refractivity contribution in [3.8, 4) is 0 Å². The molecule has 2 aromatic carbocycles. The lowest BCUT2D eigenvalue weighted by Crippen LogP contribution is -2.36. The number of benzene rings is 2. The van der Waals surface area contributed by atoms with Gasteiger partial charge in [0, 0.05) is 0 Å². The number of nitrogens with zero attached hydrogens (tertiary/aromatic N) is 3. The summed E-state index contributed by atoms with van der Waals surface area (Å²) in [5, 5.41) is 15.7. The van der Waals surface area contributed by atoms with Crippen molar-refractivity contribution in [2.24, 2.45) is 0 Å². The summed E-state index contributed by atoms with van der Waals surface area (Å²) < 4.78 is 1.68. The monoisotopic (exact) mass is 279 g/mol. The van der Waals surface area contributed by atoms with Gasteiger partial charge in [0.15, 0.2) is 0 Å². The Labute approximate surface area is 123 Å². The minimum atomic E-state index is -1.17. The molecule has 1 heterocycles. The maximum absolute atomic E-state index is 11.5. The number of hydrogen-bond acceptors (Lipinski definition) is 3. The zero-order valence-corrected chi connectivity index (χ0v) is 11.8. The molecule has 1 atom stereocenters. The van der Waals surface area contributed by atoms with Gasteiger partial charge >= 0.3 is 0 Å². The standard InChI is InChI=1S/C17H17N3O/c1-14(20-13-18-12-19-20)17(21,15-8-4-2-5-9-15)16-10-6-3-7-11-16/h2-14,21H,1H3. The van der Waals surface area contributed by atoms with Gasteiger partial charge < -0.3 is 5.11 Å². The molecule has 0 aliphatic rings. The molecule has 1 N–H and O–H groups in total. The molecule has 0 bridgehead atoms. The van der Waals surface area contributed by atoms with Gasteiger partial charge in [-0.3, -0.25) is 0 Å². The fourth-order valence-corrected chi connectivity index (χ4v) is 2.64. The van der Waals surface area contributed by atoms with Gasteiger partial charge in [0.1, 0.15) is 18.3 Å². The van der Waals surface area contributed by atoms with E-state index in [4.69, 9.17) is 0 Å². The lowest BCUT2D eigenvalue weighted by atomic mass is 9.81. The molecule has 0 radical (unpaired) electrons. The minimum Gasteiger partial charge on any atom is -0.378 e. The molecular formula is C17H17N3O. The number of aromatic nitrogens is 3. The van der Waals surface area contributed by atoms with E-state index in [9.17, 15) is 5.11 Å². The average molecular weight is 279 g/mol. The molecule has 21 heavy (non-hydrogen) atoms. The lowest BCUT2D eigenvalue weighted by Gasteiger charge is -2.35. The molecule has 0 saturated carbocycles. The molecule has 4 nitrogen and oxygen atoms in total. The Morgan fingerprint density at radius 3 is 1.90 bits per heavy atom. The average Bonchev–Trinajstić information content (AvgIpc) is 3.09. The van der Waals surface area contributed by atoms with E-state index >= 15 is 0 Å². The summed E-state index contributed by atoms with van der Waals surface area (Å²) in [4.78, 5) is 3.98. The highest BCUT2D eigenvalue weighted by Crippen LogP contribution is 2.38. The summed E-state index contributed by atoms with van der Waals surface area (Å²) in [5.41, 5.74) is 0.495. The second kappa shape index (κ2) is 5.50. The lowest BCUT2D eigenvalue weighted by molar-refractivity contribution is 0.0246. The number of hydrogen-bond donors (Lipinski definition) is 1. The minimum absolute atomic E-state index is 0.287. The van der Waals surface area contributed by atoms with Crippen LogP contribution in [0.5, 0.6) is 0 Å². The van der Waals surface area contributed by atoms with Gasteiger partial charge in [0.2, 0.25) is 0 Å². The quantitative estimate of drug-likeness (QED) is 0.799. The van der Waals surface area contributed by atoms with Gasteiger partial charge in [-0.2, -0.15) is 5.10 Å². The summed E-state index contributed by atoms with van der Waals surface area (Å²) in [7, 11) is 0. The van der Waals surface area contributed by atoms with E-state index in [2.05, 4.69) is 10.1 Å². The fourth-order valence-electron chi connectivity index (χ4n) is 2.64. The first kappa shape index (κ1) is 13.5. The van der Waals surface area contributed by atoms with Gasteiger partial charge in [0.05, 0.1) is 6.04 Å². The van der Waals surface area contributed by atoms with Crippen LogP contribution < -0.4 is 0 Å². The maximum atomic E-state index is 11.5. The highest BCUT2D eigenvalue weighted by molar-refractivity contribution is 5.37. The van der Waals surface area contributed by atoms with Crippen molar-refractivity contribution in [1.82, 2.24) is 14.8 Å². The highest BCUT2D eigenvalue weighted by Gasteiger charge is 2.39. The van der Waals surface area contributed by atoms with Crippen LogP contribution in [0.4, 0.5) is 0 Å². The van der Waals surface area contributed by atoms with Crippen LogP contribution >= 0.6 is 0 Å². The van der Waals surface area contributed by atoms with E-state index < -0.39 is 5.60 Å². The molecule has 106 valence electrons. The smallest absolute Gasteiger partial charge is 0.137 e. The van der Waals surface area contributed by atoms with Crippen molar-refractivity contribution in [2.75, 3.05) is 0 Å². The molecule has 1 unspecified atom stereocenters. The summed E-state index contributed by atoms with van der Waals surface area (Å²) in [6, 6.07) is 19.0. The largest absolute Gasteiger partial charge is 0.378 e. The normalized spacial score (nSPS) is 13.0. The molecule has 1 aromatic heterocycles. The SMILES string of the molecule is CC(n1cncn1)C(O)(c1ccccc1)c1ccccc1. The Morgan fingerprint density at radius 2 is 1.48 bits per heavy atom. The first-order valence-electron chi connectivity index (χ1n) is 6.90. The zero-order chi connectivity index (χ0) is 14.7. The van der Waals surface area contributed by atoms with Crippen molar-refractivity contribution < 1.29 is 5.11 Å². The van der Waals surface area contributed by atoms with Crippen LogP contribution in [0.25, 0.3) is 0 Å². The molecule has 0 aliphatic carbocycles. The summed E-state index contributed by atoms with van der Waals surface area (Å²) in [5.74, 6) is 0. The van der Waals surface area contributed by atoms with Crippen LogP contribution in [-0.2, 0) is 5.60 Å². The molecule has 3 rings (SSSR count). The van der Waals surface area contributed by atoms with Crippen molar-refractivity contribution >= 4 is 0 Å². The van der Waals surface area contributed by atoms with Crippen molar-refractivity contribution in [2.45, 2.75) is 18.6 Å². The third kappa shape index (κ3) is 2.34. The van der Waals surface area contributed by atoms with E-state index in [1.807, 2.05) is 67.6 Å². The van der Waals surface area contributed by atoms with E-state index in [1.54, 1.807) is 11.0 Å². The van der Waals surface area contributed by atoms with Crippen LogP contribution in [0.15, 0.2) is 73.3 Å². The molecule has 3 aromatic rings. The Kier molecular flexibility index (Phi) is 3.54. The summed E-state index contributed by atoms with van der Waals surface area (Å²) in [6.07, 6.45) is 3.11. The molecule has 0 fully saturated rings. The van der Waals surface area contributed by atoms with Crippen LogP contribution in [0.3, 0.4) is 0 Å². The van der Waals surface area contributed by atoms with Crippen molar-refractivity contribution in [3.63, 3.8) is 0 Å². The highest BCUT2D eigenvalue weighted by atomic mass is 16.3. The van der Waals surface area contributed by atoms with E-state index in [-0.39, 0.29) is 6.04 Å².